The molecule has 3 N–H and O–H groups in total. The molecule has 7 heteroatoms. The highest BCUT2D eigenvalue weighted by Gasteiger charge is 2.09. The maximum absolute atomic E-state index is 12.2. The van der Waals surface area contributed by atoms with Crippen LogP contribution in [0.15, 0.2) is 82.4 Å². The molecule has 2 aromatic carbocycles. The molecule has 0 aliphatic rings. The van der Waals surface area contributed by atoms with Gasteiger partial charge in [-0.25, -0.2) is 4.99 Å². The van der Waals surface area contributed by atoms with E-state index in [0.29, 0.717) is 18.8 Å². The Labute approximate surface area is 195 Å². The molecule has 1 aromatic heterocycles. The number of ether oxygens (including phenoxy) is 1. The zero-order valence-corrected chi connectivity index (χ0v) is 19.2. The lowest BCUT2D eigenvalue weighted by atomic mass is 10.1. The Balaban J connectivity index is 1.45. The number of nitrogens with zero attached hydrogens (tertiary/aromatic N) is 1. The van der Waals surface area contributed by atoms with Crippen LogP contribution in [0.3, 0.4) is 0 Å². The quantitative estimate of drug-likeness (QED) is 0.224. The first-order chi connectivity index (χ1) is 16.2. The van der Waals surface area contributed by atoms with Crippen LogP contribution in [0.5, 0.6) is 0 Å². The summed E-state index contributed by atoms with van der Waals surface area (Å²) in [5.74, 6) is 0.747. The summed E-state index contributed by atoms with van der Waals surface area (Å²) in [6.07, 6.45) is 2.43. The van der Waals surface area contributed by atoms with Gasteiger partial charge in [0.1, 0.15) is 0 Å². The van der Waals surface area contributed by atoms with E-state index in [1.807, 2.05) is 49.4 Å². The molecule has 3 aromatic rings. The summed E-state index contributed by atoms with van der Waals surface area (Å²) in [5, 5.41) is 9.45. The fourth-order valence-electron chi connectivity index (χ4n) is 3.22. The van der Waals surface area contributed by atoms with Crippen molar-refractivity contribution in [1.29, 1.82) is 0 Å². The average Bonchev–Trinajstić information content (AvgIpc) is 3.38. The summed E-state index contributed by atoms with van der Waals surface area (Å²) >= 11 is 0. The largest absolute Gasteiger partial charge is 0.459 e. The monoisotopic (exact) mass is 448 g/mol. The fourth-order valence-corrected chi connectivity index (χ4v) is 3.22. The molecule has 0 bridgehead atoms. The molecule has 3 rings (SSSR count). The van der Waals surface area contributed by atoms with Gasteiger partial charge < -0.3 is 25.1 Å². The number of rotatable bonds is 11. The number of anilines is 1. The molecule has 1 heterocycles. The van der Waals surface area contributed by atoms with Crippen LogP contribution in [-0.2, 0) is 11.3 Å². The zero-order valence-electron chi connectivity index (χ0n) is 19.2. The van der Waals surface area contributed by atoms with Gasteiger partial charge in [-0.2, -0.15) is 0 Å². The van der Waals surface area contributed by atoms with Crippen molar-refractivity contribution < 1.29 is 13.9 Å². The summed E-state index contributed by atoms with van der Waals surface area (Å²) in [6.45, 7) is 6.78. The number of benzene rings is 2. The minimum atomic E-state index is -0.278. The maximum Gasteiger partial charge on any atom is 0.291 e. The highest BCUT2D eigenvalue weighted by Crippen LogP contribution is 2.16. The number of carbonyl (C=O) groups is 1. The Morgan fingerprint density at radius 1 is 1.06 bits per heavy atom. The van der Waals surface area contributed by atoms with E-state index in [1.165, 1.54) is 11.8 Å². The van der Waals surface area contributed by atoms with Gasteiger partial charge in [-0.3, -0.25) is 4.79 Å². The Bertz CT molecular complexity index is 1000. The lowest BCUT2D eigenvalue weighted by Crippen LogP contribution is -2.38. The van der Waals surface area contributed by atoms with Crippen LogP contribution in [0.25, 0.3) is 0 Å². The highest BCUT2D eigenvalue weighted by atomic mass is 16.5. The molecule has 0 saturated heterocycles. The molecule has 0 fully saturated rings. The summed E-state index contributed by atoms with van der Waals surface area (Å²) in [6, 6.07) is 21.2. The summed E-state index contributed by atoms with van der Waals surface area (Å²) in [4.78, 5) is 16.8. The third-order valence-electron chi connectivity index (χ3n) is 4.94. The van der Waals surface area contributed by atoms with Crippen LogP contribution in [0.4, 0.5) is 5.69 Å². The SMILES string of the molecule is CCNC(=NCc1cccc(NC(=O)c2ccco2)c1)NCCCOC(C)c1ccccc1. The lowest BCUT2D eigenvalue weighted by molar-refractivity contribution is 0.0646. The molecule has 174 valence electrons. The Morgan fingerprint density at radius 3 is 2.67 bits per heavy atom. The van der Waals surface area contributed by atoms with Crippen LogP contribution in [-0.4, -0.2) is 31.6 Å². The van der Waals surface area contributed by atoms with Gasteiger partial charge in [0.15, 0.2) is 11.7 Å². The first kappa shape index (κ1) is 24.1. The number of furan rings is 1. The van der Waals surface area contributed by atoms with Gasteiger partial charge in [0.25, 0.3) is 5.91 Å². The van der Waals surface area contributed by atoms with Gasteiger partial charge >= 0.3 is 0 Å². The number of carbonyl (C=O) groups excluding carboxylic acids is 1. The van der Waals surface area contributed by atoms with Gasteiger partial charge in [-0.15, -0.1) is 0 Å². The Morgan fingerprint density at radius 2 is 1.91 bits per heavy atom. The number of hydrogen-bond acceptors (Lipinski definition) is 4. The van der Waals surface area contributed by atoms with Crippen LogP contribution in [0.1, 0.15) is 48.1 Å². The first-order valence-electron chi connectivity index (χ1n) is 11.3. The second kappa shape index (κ2) is 13.1. The molecule has 0 aliphatic heterocycles. The van der Waals surface area contributed by atoms with Gasteiger partial charge in [0.05, 0.1) is 18.9 Å². The third-order valence-corrected chi connectivity index (χ3v) is 4.94. The van der Waals surface area contributed by atoms with Gasteiger partial charge in [-0.1, -0.05) is 42.5 Å². The van der Waals surface area contributed by atoms with Gasteiger partial charge in [0.2, 0.25) is 0 Å². The van der Waals surface area contributed by atoms with Crippen LogP contribution >= 0.6 is 0 Å². The predicted molar refractivity (Wildman–Crippen MR) is 131 cm³/mol. The molecule has 33 heavy (non-hydrogen) atoms. The minimum Gasteiger partial charge on any atom is -0.459 e. The molecule has 0 aliphatic carbocycles. The maximum atomic E-state index is 12.2. The van der Waals surface area contributed by atoms with Crippen LogP contribution in [0.2, 0.25) is 0 Å². The van der Waals surface area contributed by atoms with E-state index < -0.39 is 0 Å². The van der Waals surface area contributed by atoms with E-state index in [4.69, 9.17) is 9.15 Å². The van der Waals surface area contributed by atoms with Crippen molar-refractivity contribution in [1.82, 2.24) is 10.6 Å². The summed E-state index contributed by atoms with van der Waals surface area (Å²) in [5.41, 5.74) is 2.87. The molecule has 0 saturated carbocycles. The van der Waals surface area contributed by atoms with E-state index in [9.17, 15) is 4.79 Å². The Hall–Kier alpha value is -3.58. The van der Waals surface area contributed by atoms with Crippen molar-refractivity contribution >= 4 is 17.6 Å². The van der Waals surface area contributed by atoms with E-state index in [2.05, 4.69) is 40.0 Å². The normalized spacial score (nSPS) is 12.2. The predicted octanol–water partition coefficient (Wildman–Crippen LogP) is 4.75. The van der Waals surface area contributed by atoms with Crippen molar-refractivity contribution in [3.63, 3.8) is 0 Å². The van der Waals surface area contributed by atoms with Crippen LogP contribution < -0.4 is 16.0 Å². The number of nitrogens with one attached hydrogen (secondary N) is 3. The number of aliphatic imine (C=N–C) groups is 1. The highest BCUT2D eigenvalue weighted by molar-refractivity contribution is 6.02. The second-order valence-corrected chi connectivity index (χ2v) is 7.53. The van der Waals surface area contributed by atoms with E-state index in [-0.39, 0.29) is 17.8 Å². The molecule has 1 amide bonds. The zero-order chi connectivity index (χ0) is 23.3. The Kier molecular flexibility index (Phi) is 9.54. The molecule has 0 spiro atoms. The summed E-state index contributed by atoms with van der Waals surface area (Å²) in [7, 11) is 0. The van der Waals surface area contributed by atoms with Crippen molar-refractivity contribution in [2.45, 2.75) is 32.9 Å². The van der Waals surface area contributed by atoms with Crippen molar-refractivity contribution in [3.8, 4) is 0 Å². The van der Waals surface area contributed by atoms with E-state index in [0.717, 1.165) is 31.0 Å². The lowest BCUT2D eigenvalue weighted by Gasteiger charge is -2.15. The fraction of sp³-hybridized carbons (Fsp3) is 0.308. The molecular weight excluding hydrogens is 416 g/mol. The first-order valence-corrected chi connectivity index (χ1v) is 11.3. The molecule has 1 unspecified atom stereocenters. The molecule has 1 atom stereocenters. The smallest absolute Gasteiger partial charge is 0.291 e. The van der Waals surface area contributed by atoms with Crippen LogP contribution in [0, 0.1) is 0 Å². The second-order valence-electron chi connectivity index (χ2n) is 7.53. The number of hydrogen-bond donors (Lipinski definition) is 3. The van der Waals surface area contributed by atoms with Gasteiger partial charge in [0, 0.05) is 25.4 Å². The average molecular weight is 449 g/mol. The van der Waals surface area contributed by atoms with Crippen molar-refractivity contribution in [3.05, 3.63) is 89.9 Å². The molecular formula is C26H32N4O3. The molecule has 7 nitrogen and oxygen atoms in total. The molecule has 0 radical (unpaired) electrons. The third kappa shape index (κ3) is 8.12. The standard InChI is InChI=1S/C26H32N4O3/c1-3-27-26(28-15-9-17-32-20(2)22-11-5-4-6-12-22)29-19-21-10-7-13-23(18-21)30-25(31)24-14-8-16-33-24/h4-8,10-14,16,18,20H,3,9,15,17,19H2,1-2H3,(H,30,31)(H2,27,28,29). The van der Waals surface area contributed by atoms with Gasteiger partial charge in [-0.05, 0) is 55.7 Å². The topological polar surface area (TPSA) is 87.9 Å². The van der Waals surface area contributed by atoms with Crippen molar-refractivity contribution in [2.75, 3.05) is 25.0 Å². The number of guanidine groups is 1. The summed E-state index contributed by atoms with van der Waals surface area (Å²) < 4.78 is 11.1. The van der Waals surface area contributed by atoms with Crippen molar-refractivity contribution in [2.24, 2.45) is 4.99 Å². The van der Waals surface area contributed by atoms with E-state index in [1.54, 1.807) is 12.1 Å². The number of amides is 1. The van der Waals surface area contributed by atoms with E-state index >= 15 is 0 Å². The minimum absolute atomic E-state index is 0.0775.